The summed E-state index contributed by atoms with van der Waals surface area (Å²) in [4.78, 5) is 20.3. The maximum Gasteiger partial charge on any atom is 0.224 e. The summed E-state index contributed by atoms with van der Waals surface area (Å²) in [6, 6.07) is 21.4. The number of hydrogen-bond acceptors (Lipinski definition) is 2. The number of hydrogen-bond donors (Lipinski definition) is 2. The van der Waals surface area contributed by atoms with Crippen LogP contribution in [0.15, 0.2) is 72.9 Å². The Labute approximate surface area is 168 Å². The number of carbonyl (C=O) groups is 1. The minimum Gasteiger partial charge on any atom is -0.353 e. The second-order valence-electron chi connectivity index (χ2n) is 6.62. The molecule has 140 valence electrons. The summed E-state index contributed by atoms with van der Waals surface area (Å²) >= 11 is 6.11. The monoisotopic (exact) mass is 389 g/mol. The maximum absolute atomic E-state index is 12.3. The summed E-state index contributed by atoms with van der Waals surface area (Å²) in [5.41, 5.74) is 4.86. The largest absolute Gasteiger partial charge is 0.353 e. The number of para-hydroxylation sites is 2. The molecule has 4 nitrogen and oxygen atoms in total. The molecule has 28 heavy (non-hydrogen) atoms. The summed E-state index contributed by atoms with van der Waals surface area (Å²) in [6.07, 6.45) is 3.73. The van der Waals surface area contributed by atoms with Crippen LogP contribution in [0.2, 0.25) is 5.02 Å². The Balaban J connectivity index is 1.50. The summed E-state index contributed by atoms with van der Waals surface area (Å²) < 4.78 is 0. The highest BCUT2D eigenvalue weighted by atomic mass is 35.5. The van der Waals surface area contributed by atoms with E-state index in [1.807, 2.05) is 42.5 Å². The van der Waals surface area contributed by atoms with Crippen molar-refractivity contribution in [3.63, 3.8) is 0 Å². The van der Waals surface area contributed by atoms with E-state index in [0.717, 1.165) is 29.7 Å². The number of H-pyrrole nitrogens is 1. The number of aromatic nitrogens is 2. The number of carbonyl (C=O) groups excluding carboxylic acids is 1. The number of fused-ring (bicyclic) bond motifs is 1. The van der Waals surface area contributed by atoms with Crippen LogP contribution in [0, 0.1) is 0 Å². The van der Waals surface area contributed by atoms with Gasteiger partial charge in [-0.05, 0) is 48.7 Å². The van der Waals surface area contributed by atoms with Crippen molar-refractivity contribution in [1.82, 2.24) is 9.97 Å². The molecule has 0 aliphatic rings. The van der Waals surface area contributed by atoms with Gasteiger partial charge in [0.05, 0.1) is 22.1 Å². The van der Waals surface area contributed by atoms with E-state index in [-0.39, 0.29) is 5.91 Å². The van der Waals surface area contributed by atoms with Crippen LogP contribution in [0.1, 0.15) is 18.4 Å². The van der Waals surface area contributed by atoms with Gasteiger partial charge >= 0.3 is 0 Å². The van der Waals surface area contributed by atoms with Gasteiger partial charge in [-0.25, -0.2) is 0 Å². The number of amides is 1. The molecule has 0 saturated carbocycles. The molecular formula is C23H20ClN3O. The van der Waals surface area contributed by atoms with Gasteiger partial charge in [0.1, 0.15) is 0 Å². The zero-order chi connectivity index (χ0) is 19.3. The van der Waals surface area contributed by atoms with Gasteiger partial charge in [-0.15, -0.1) is 0 Å². The first-order chi connectivity index (χ1) is 13.7. The van der Waals surface area contributed by atoms with Crippen molar-refractivity contribution in [3.05, 3.63) is 83.5 Å². The highest BCUT2D eigenvalue weighted by molar-refractivity contribution is 6.33. The molecule has 0 fully saturated rings. The molecule has 4 aromatic rings. The third kappa shape index (κ3) is 3.92. The summed E-state index contributed by atoms with van der Waals surface area (Å²) in [6.45, 7) is 0. The molecule has 2 aromatic carbocycles. The van der Waals surface area contributed by atoms with E-state index in [4.69, 9.17) is 11.6 Å². The van der Waals surface area contributed by atoms with Crippen LogP contribution >= 0.6 is 11.6 Å². The molecule has 0 spiro atoms. The van der Waals surface area contributed by atoms with Crippen molar-refractivity contribution >= 4 is 34.1 Å². The smallest absolute Gasteiger partial charge is 0.224 e. The number of aromatic amines is 1. The van der Waals surface area contributed by atoms with Crippen LogP contribution in [-0.4, -0.2) is 15.9 Å². The van der Waals surface area contributed by atoms with Crippen LogP contribution in [0.3, 0.4) is 0 Å². The number of pyridine rings is 1. The molecule has 2 aromatic heterocycles. The lowest BCUT2D eigenvalue weighted by atomic mass is 10.0. The lowest BCUT2D eigenvalue weighted by Gasteiger charge is -2.08. The molecule has 0 bridgehead atoms. The Hall–Kier alpha value is -3.11. The maximum atomic E-state index is 12.3. The van der Waals surface area contributed by atoms with Crippen molar-refractivity contribution < 1.29 is 4.79 Å². The molecule has 4 rings (SSSR count). The highest BCUT2D eigenvalue weighted by Crippen LogP contribution is 2.30. The highest BCUT2D eigenvalue weighted by Gasteiger charge is 2.14. The number of benzene rings is 2. The standard InChI is InChI=1S/C23H20ClN3O/c24-18-10-2-4-12-20(18)26-22(28)14-7-9-17-16-8-1-3-11-19(16)27-23(17)21-13-5-6-15-25-21/h1-6,8,10-13,15,27H,7,9,14H2,(H,26,28). The van der Waals surface area contributed by atoms with Gasteiger partial charge in [0.15, 0.2) is 0 Å². The first kappa shape index (κ1) is 18.3. The van der Waals surface area contributed by atoms with E-state index in [1.54, 1.807) is 18.3 Å². The van der Waals surface area contributed by atoms with E-state index in [0.29, 0.717) is 17.1 Å². The fourth-order valence-electron chi connectivity index (χ4n) is 3.39. The minimum absolute atomic E-state index is 0.0349. The van der Waals surface area contributed by atoms with E-state index >= 15 is 0 Å². The van der Waals surface area contributed by atoms with Gasteiger partial charge in [0.2, 0.25) is 5.91 Å². The third-order valence-corrected chi connectivity index (χ3v) is 5.04. The first-order valence-electron chi connectivity index (χ1n) is 9.28. The Bertz CT molecular complexity index is 1110. The number of aryl methyl sites for hydroxylation is 1. The molecule has 0 unspecified atom stereocenters. The summed E-state index contributed by atoms with van der Waals surface area (Å²) in [7, 11) is 0. The van der Waals surface area contributed by atoms with E-state index in [2.05, 4.69) is 27.4 Å². The van der Waals surface area contributed by atoms with Crippen molar-refractivity contribution in [2.75, 3.05) is 5.32 Å². The van der Waals surface area contributed by atoms with E-state index < -0.39 is 0 Å². The van der Waals surface area contributed by atoms with Crippen LogP contribution < -0.4 is 5.32 Å². The van der Waals surface area contributed by atoms with Gasteiger partial charge in [-0.1, -0.05) is 48.0 Å². The van der Waals surface area contributed by atoms with Gasteiger partial charge in [0, 0.05) is 23.5 Å². The molecule has 0 radical (unpaired) electrons. The first-order valence-corrected chi connectivity index (χ1v) is 9.65. The topological polar surface area (TPSA) is 57.8 Å². The van der Waals surface area contributed by atoms with Gasteiger partial charge in [-0.3, -0.25) is 9.78 Å². The van der Waals surface area contributed by atoms with Crippen molar-refractivity contribution in [3.8, 4) is 11.4 Å². The van der Waals surface area contributed by atoms with Crippen molar-refractivity contribution in [2.24, 2.45) is 0 Å². The SMILES string of the molecule is O=C(CCCc1c(-c2ccccn2)[nH]c2ccccc12)Nc1ccccc1Cl. The fourth-order valence-corrected chi connectivity index (χ4v) is 3.57. The molecule has 0 aliphatic heterocycles. The van der Waals surface area contributed by atoms with E-state index in [1.165, 1.54) is 10.9 Å². The predicted octanol–water partition coefficient (Wildman–Crippen LogP) is 5.84. The number of nitrogens with zero attached hydrogens (tertiary/aromatic N) is 1. The Morgan fingerprint density at radius 2 is 1.79 bits per heavy atom. The zero-order valence-electron chi connectivity index (χ0n) is 15.3. The van der Waals surface area contributed by atoms with Crippen LogP contribution in [0.5, 0.6) is 0 Å². The number of nitrogens with one attached hydrogen (secondary N) is 2. The second-order valence-corrected chi connectivity index (χ2v) is 7.03. The lowest BCUT2D eigenvalue weighted by molar-refractivity contribution is -0.116. The zero-order valence-corrected chi connectivity index (χ0v) is 16.0. The van der Waals surface area contributed by atoms with Crippen LogP contribution in [0.25, 0.3) is 22.3 Å². The fraction of sp³-hybridized carbons (Fsp3) is 0.130. The van der Waals surface area contributed by atoms with Gasteiger partial charge < -0.3 is 10.3 Å². The molecule has 0 atom stereocenters. The predicted molar refractivity (Wildman–Crippen MR) is 115 cm³/mol. The molecule has 5 heteroatoms. The Morgan fingerprint density at radius 1 is 1.00 bits per heavy atom. The Morgan fingerprint density at radius 3 is 2.61 bits per heavy atom. The normalized spacial score (nSPS) is 10.9. The molecule has 1 amide bonds. The number of anilines is 1. The molecule has 0 aliphatic carbocycles. The average molecular weight is 390 g/mol. The summed E-state index contributed by atoms with van der Waals surface area (Å²) in [5, 5.41) is 4.60. The van der Waals surface area contributed by atoms with Crippen LogP contribution in [-0.2, 0) is 11.2 Å². The van der Waals surface area contributed by atoms with Gasteiger partial charge in [-0.2, -0.15) is 0 Å². The second kappa shape index (κ2) is 8.28. The van der Waals surface area contributed by atoms with Crippen molar-refractivity contribution in [2.45, 2.75) is 19.3 Å². The summed E-state index contributed by atoms with van der Waals surface area (Å²) in [5.74, 6) is -0.0349. The Kier molecular flexibility index (Phi) is 5.40. The number of halogens is 1. The van der Waals surface area contributed by atoms with Gasteiger partial charge in [0.25, 0.3) is 0 Å². The molecule has 2 heterocycles. The van der Waals surface area contributed by atoms with Crippen LogP contribution in [0.4, 0.5) is 5.69 Å². The van der Waals surface area contributed by atoms with Crippen molar-refractivity contribution in [1.29, 1.82) is 0 Å². The molecular weight excluding hydrogens is 370 g/mol. The minimum atomic E-state index is -0.0349. The van der Waals surface area contributed by atoms with E-state index in [9.17, 15) is 4.79 Å². The molecule has 2 N–H and O–H groups in total. The quantitative estimate of drug-likeness (QED) is 0.435. The third-order valence-electron chi connectivity index (χ3n) is 4.71. The molecule has 0 saturated heterocycles. The number of rotatable bonds is 6. The average Bonchev–Trinajstić information content (AvgIpc) is 3.09. The lowest BCUT2D eigenvalue weighted by Crippen LogP contribution is -2.11.